The molecule has 3 rings (SSSR count). The van der Waals surface area contributed by atoms with E-state index in [1.807, 2.05) is 18.2 Å². The van der Waals surface area contributed by atoms with Crippen LogP contribution >= 0.6 is 11.3 Å². The molecular formula is C23H24N4O4S2. The lowest BCUT2D eigenvalue weighted by atomic mass is 10.3. The first-order valence-electron chi connectivity index (χ1n) is 9.84. The minimum absolute atomic E-state index is 0.169. The van der Waals surface area contributed by atoms with Crippen molar-refractivity contribution in [2.45, 2.75) is 11.1 Å². The average molecular weight is 485 g/mol. The highest BCUT2D eigenvalue weighted by Crippen LogP contribution is 2.32. The number of hydrogen-bond acceptors (Lipinski definition) is 6. The van der Waals surface area contributed by atoms with E-state index in [4.69, 9.17) is 4.42 Å². The molecule has 33 heavy (non-hydrogen) atoms. The molecule has 0 unspecified atom stereocenters. The molecule has 0 bridgehead atoms. The molecule has 2 amide bonds. The van der Waals surface area contributed by atoms with Crippen molar-refractivity contribution in [3.8, 4) is 10.6 Å². The molecule has 3 aromatic rings. The molecular weight excluding hydrogens is 460 g/mol. The fourth-order valence-corrected chi connectivity index (χ4v) is 5.41. The summed E-state index contributed by atoms with van der Waals surface area (Å²) < 4.78 is 32.8. The summed E-state index contributed by atoms with van der Waals surface area (Å²) in [7, 11) is -0.748. The number of thiophene rings is 1. The molecule has 172 valence electrons. The summed E-state index contributed by atoms with van der Waals surface area (Å²) in [5, 5.41) is 2.77. The number of nitrogens with one attached hydrogen (secondary N) is 1. The maximum absolute atomic E-state index is 13.1. The second-order valence-electron chi connectivity index (χ2n) is 6.85. The second-order valence-corrected chi connectivity index (χ2v) is 10.1. The minimum Gasteiger partial charge on any atom is -0.443 e. The Labute approximate surface area is 197 Å². The van der Waals surface area contributed by atoms with Crippen molar-refractivity contribution in [1.82, 2.24) is 14.2 Å². The van der Waals surface area contributed by atoms with Gasteiger partial charge >= 0.3 is 6.03 Å². The highest BCUT2D eigenvalue weighted by molar-refractivity contribution is 7.91. The number of oxazole rings is 1. The lowest BCUT2D eigenvalue weighted by Gasteiger charge is -2.21. The average Bonchev–Trinajstić information content (AvgIpc) is 3.51. The van der Waals surface area contributed by atoms with E-state index in [2.05, 4.69) is 16.9 Å². The molecule has 1 N–H and O–H groups in total. The predicted molar refractivity (Wildman–Crippen MR) is 130 cm³/mol. The van der Waals surface area contributed by atoms with E-state index < -0.39 is 10.0 Å². The van der Waals surface area contributed by atoms with Gasteiger partial charge in [0.1, 0.15) is 4.21 Å². The van der Waals surface area contributed by atoms with Crippen LogP contribution in [0.2, 0.25) is 0 Å². The van der Waals surface area contributed by atoms with E-state index >= 15 is 0 Å². The van der Waals surface area contributed by atoms with Crippen LogP contribution < -0.4 is 5.32 Å². The third-order valence-corrected chi connectivity index (χ3v) is 8.09. The Morgan fingerprint density at radius 1 is 1.15 bits per heavy atom. The number of amides is 2. The number of aromatic nitrogens is 1. The lowest BCUT2D eigenvalue weighted by molar-refractivity contribution is 0.233. The van der Waals surface area contributed by atoms with Crippen LogP contribution in [-0.4, -0.2) is 42.7 Å². The normalized spacial score (nSPS) is 12.0. The summed E-state index contributed by atoms with van der Waals surface area (Å²) in [5.74, 6) is 0.503. The number of allylic oxidation sites excluding steroid dienone is 3. The molecule has 2 heterocycles. The Morgan fingerprint density at radius 3 is 2.52 bits per heavy atom. The van der Waals surface area contributed by atoms with E-state index in [0.29, 0.717) is 27.7 Å². The molecule has 0 saturated heterocycles. The molecule has 10 heteroatoms. The Kier molecular flexibility index (Phi) is 7.52. The third-order valence-electron chi connectivity index (χ3n) is 4.74. The first kappa shape index (κ1) is 24.0. The monoisotopic (exact) mass is 484 g/mol. The number of sulfonamides is 1. The highest BCUT2D eigenvalue weighted by atomic mass is 32.2. The Morgan fingerprint density at radius 2 is 1.88 bits per heavy atom. The van der Waals surface area contributed by atoms with Gasteiger partial charge in [-0.2, -0.15) is 0 Å². The number of urea groups is 1. The molecule has 8 nitrogen and oxygen atoms in total. The lowest BCUT2D eigenvalue weighted by Crippen LogP contribution is -2.30. The van der Waals surface area contributed by atoms with Crippen LogP contribution in [0.4, 0.5) is 10.5 Å². The van der Waals surface area contributed by atoms with Gasteiger partial charge < -0.3 is 9.73 Å². The van der Waals surface area contributed by atoms with Gasteiger partial charge in [0, 0.05) is 31.2 Å². The zero-order chi connectivity index (χ0) is 24.0. The maximum Gasteiger partial charge on any atom is 0.326 e. The first-order valence-corrected chi connectivity index (χ1v) is 12.1. The van der Waals surface area contributed by atoms with Crippen LogP contribution in [-0.2, 0) is 10.0 Å². The molecule has 0 saturated carbocycles. The third kappa shape index (κ3) is 5.60. The molecule has 0 radical (unpaired) electrons. The van der Waals surface area contributed by atoms with Crippen molar-refractivity contribution in [1.29, 1.82) is 0 Å². The van der Waals surface area contributed by atoms with Crippen LogP contribution in [0.1, 0.15) is 6.92 Å². The number of benzene rings is 1. The summed E-state index contributed by atoms with van der Waals surface area (Å²) in [4.78, 5) is 18.3. The molecule has 1 aromatic carbocycles. The van der Waals surface area contributed by atoms with Gasteiger partial charge in [-0.3, -0.25) is 9.21 Å². The summed E-state index contributed by atoms with van der Waals surface area (Å²) >= 11 is 1.09. The van der Waals surface area contributed by atoms with Gasteiger partial charge in [0.05, 0.1) is 11.1 Å². The minimum atomic E-state index is -3.80. The van der Waals surface area contributed by atoms with E-state index in [-0.39, 0.29) is 10.2 Å². The number of nitrogens with zero attached hydrogens (tertiary/aromatic N) is 3. The Hall–Kier alpha value is -3.63. The van der Waals surface area contributed by atoms with Gasteiger partial charge in [0.15, 0.2) is 12.2 Å². The van der Waals surface area contributed by atoms with Crippen LogP contribution in [0.3, 0.4) is 0 Å². The van der Waals surface area contributed by atoms with Crippen molar-refractivity contribution in [2.75, 3.05) is 19.4 Å². The number of anilines is 1. The van der Waals surface area contributed by atoms with Gasteiger partial charge in [0.2, 0.25) is 0 Å². The SMILES string of the molecule is C=C(C=CC(=CC)N(C)S(=O)(=O)c1ccc(-c2cnco2)s1)N(C)C(=O)Nc1ccccc1. The van der Waals surface area contributed by atoms with Crippen molar-refractivity contribution in [3.63, 3.8) is 0 Å². The van der Waals surface area contributed by atoms with Crippen LogP contribution in [0.5, 0.6) is 0 Å². The van der Waals surface area contributed by atoms with Gasteiger partial charge in [-0.15, -0.1) is 11.3 Å². The zero-order valence-corrected chi connectivity index (χ0v) is 20.1. The maximum atomic E-state index is 13.1. The summed E-state index contributed by atoms with van der Waals surface area (Å²) in [5.41, 5.74) is 1.46. The van der Waals surface area contributed by atoms with Gasteiger partial charge in [-0.05, 0) is 43.3 Å². The van der Waals surface area contributed by atoms with Crippen LogP contribution in [0, 0.1) is 0 Å². The molecule has 0 aliphatic carbocycles. The molecule has 0 fully saturated rings. The van der Waals surface area contributed by atoms with Crippen LogP contribution in [0.15, 0.2) is 99.9 Å². The van der Waals surface area contributed by atoms with Crippen molar-refractivity contribution >= 4 is 33.1 Å². The summed E-state index contributed by atoms with van der Waals surface area (Å²) in [6.45, 7) is 5.63. The topological polar surface area (TPSA) is 95.8 Å². The zero-order valence-electron chi connectivity index (χ0n) is 18.4. The van der Waals surface area contributed by atoms with E-state index in [1.54, 1.807) is 50.4 Å². The van der Waals surface area contributed by atoms with E-state index in [0.717, 1.165) is 11.3 Å². The number of carbonyl (C=O) groups excluding carboxylic acids is 1. The molecule has 0 atom stereocenters. The second kappa shape index (κ2) is 10.3. The van der Waals surface area contributed by atoms with E-state index in [9.17, 15) is 13.2 Å². The number of para-hydroxylation sites is 1. The first-order chi connectivity index (χ1) is 15.7. The molecule has 0 aliphatic rings. The smallest absolute Gasteiger partial charge is 0.326 e. The molecule has 0 spiro atoms. The van der Waals surface area contributed by atoms with Crippen molar-refractivity contribution in [3.05, 3.63) is 91.3 Å². The predicted octanol–water partition coefficient (Wildman–Crippen LogP) is 5.16. The Balaban J connectivity index is 1.70. The highest BCUT2D eigenvalue weighted by Gasteiger charge is 2.24. The Bertz CT molecular complexity index is 1280. The molecule has 2 aromatic heterocycles. The standard InChI is InChI=1S/C23H24N4O4S2/c1-5-19(12-11-17(2)26(3)23(28)25-18-9-7-6-8-10-18)27(4)33(29,30)22-14-13-21(32-22)20-15-24-16-31-20/h5-16H,2H2,1,3-4H3,(H,25,28). The number of carbonyl (C=O) groups is 1. The number of hydrogen-bond donors (Lipinski definition) is 1. The van der Waals surface area contributed by atoms with E-state index in [1.165, 1.54) is 34.9 Å². The van der Waals surface area contributed by atoms with Gasteiger partial charge in [0.25, 0.3) is 10.0 Å². The summed E-state index contributed by atoms with van der Waals surface area (Å²) in [6.07, 6.45) is 7.66. The van der Waals surface area contributed by atoms with Crippen LogP contribution in [0.25, 0.3) is 10.6 Å². The fraction of sp³-hybridized carbons (Fsp3) is 0.130. The molecule has 0 aliphatic heterocycles. The van der Waals surface area contributed by atoms with Crippen molar-refractivity contribution < 1.29 is 17.6 Å². The quantitative estimate of drug-likeness (QED) is 0.446. The summed E-state index contributed by atoms with van der Waals surface area (Å²) in [6, 6.07) is 11.9. The fourth-order valence-electron chi connectivity index (χ4n) is 2.74. The number of likely N-dealkylation sites (N-methyl/N-ethyl adjacent to an activating group) is 2. The number of rotatable bonds is 8. The largest absolute Gasteiger partial charge is 0.443 e. The van der Waals surface area contributed by atoms with Gasteiger partial charge in [-0.1, -0.05) is 30.9 Å². The van der Waals surface area contributed by atoms with Gasteiger partial charge in [-0.25, -0.2) is 18.2 Å². The van der Waals surface area contributed by atoms with Crippen molar-refractivity contribution in [2.24, 2.45) is 0 Å².